The monoisotopic (exact) mass is 268 g/mol. The smallest absolute Gasteiger partial charge is 0.355 e. The Morgan fingerprint density at radius 3 is 1.89 bits per heavy atom. The predicted octanol–water partition coefficient (Wildman–Crippen LogP) is 1.83. The molecule has 0 saturated carbocycles. The lowest BCUT2D eigenvalue weighted by molar-refractivity contribution is 0.0646. The Labute approximate surface area is 112 Å². The van der Waals surface area contributed by atoms with Gasteiger partial charge in [-0.15, -0.1) is 0 Å². The van der Waals surface area contributed by atoms with Gasteiger partial charge in [-0.2, -0.15) is 0 Å². The fraction of sp³-hybridized carbons (Fsp3) is 0.462. The Hall–Kier alpha value is -1.95. The van der Waals surface area contributed by atoms with Gasteiger partial charge in [-0.05, 0) is 31.8 Å². The van der Waals surface area contributed by atoms with Crippen molar-refractivity contribution in [3.05, 3.63) is 29.6 Å². The van der Waals surface area contributed by atoms with E-state index in [-0.39, 0.29) is 5.56 Å². The van der Waals surface area contributed by atoms with Gasteiger partial charge in [0.25, 0.3) is 0 Å². The molecule has 0 saturated heterocycles. The maximum Gasteiger partial charge on any atom is 0.355 e. The Bertz CT molecular complexity index is 378. The largest absolute Gasteiger partial charge is 0.478 e. The zero-order chi connectivity index (χ0) is 14.8. The minimum Gasteiger partial charge on any atom is -0.478 e. The Morgan fingerprint density at radius 2 is 1.63 bits per heavy atom. The molecular weight excluding hydrogens is 248 g/mol. The average Bonchev–Trinajstić information content (AvgIpc) is 2.41. The first-order valence-corrected chi connectivity index (χ1v) is 6.11. The zero-order valence-electron chi connectivity index (χ0n) is 11.5. The SMILES string of the molecule is CCN(CC)CC.O=C(O)c1cccnc1C(=O)O. The third-order valence-corrected chi connectivity index (χ3v) is 2.58. The Balaban J connectivity index is 0.000000399. The van der Waals surface area contributed by atoms with Crippen LogP contribution in [0.1, 0.15) is 41.6 Å². The summed E-state index contributed by atoms with van der Waals surface area (Å²) in [5, 5.41) is 17.0. The molecule has 19 heavy (non-hydrogen) atoms. The second-order valence-corrected chi connectivity index (χ2v) is 3.63. The molecule has 0 amide bonds. The van der Waals surface area contributed by atoms with Crippen molar-refractivity contribution >= 4 is 11.9 Å². The van der Waals surface area contributed by atoms with E-state index in [2.05, 4.69) is 30.7 Å². The highest BCUT2D eigenvalue weighted by Crippen LogP contribution is 2.04. The summed E-state index contributed by atoms with van der Waals surface area (Å²) in [6, 6.07) is 2.56. The summed E-state index contributed by atoms with van der Waals surface area (Å²) in [7, 11) is 0. The van der Waals surface area contributed by atoms with Crippen molar-refractivity contribution in [3.8, 4) is 0 Å². The van der Waals surface area contributed by atoms with Gasteiger partial charge in [0, 0.05) is 6.20 Å². The quantitative estimate of drug-likeness (QED) is 0.846. The van der Waals surface area contributed by atoms with Gasteiger partial charge in [0.05, 0.1) is 5.56 Å². The summed E-state index contributed by atoms with van der Waals surface area (Å²) in [6.45, 7) is 10.1. The number of pyridine rings is 1. The fourth-order valence-corrected chi connectivity index (χ4v) is 1.42. The van der Waals surface area contributed by atoms with Gasteiger partial charge in [0.15, 0.2) is 5.69 Å². The van der Waals surface area contributed by atoms with E-state index in [1.165, 1.54) is 38.0 Å². The Kier molecular flexibility index (Phi) is 8.12. The van der Waals surface area contributed by atoms with Gasteiger partial charge >= 0.3 is 11.9 Å². The van der Waals surface area contributed by atoms with Gasteiger partial charge < -0.3 is 15.1 Å². The van der Waals surface area contributed by atoms with Gasteiger partial charge in [0.2, 0.25) is 0 Å². The Morgan fingerprint density at radius 1 is 1.11 bits per heavy atom. The molecular formula is C13H20N2O4. The first-order valence-electron chi connectivity index (χ1n) is 6.11. The summed E-state index contributed by atoms with van der Waals surface area (Å²) < 4.78 is 0. The molecule has 0 aliphatic rings. The topological polar surface area (TPSA) is 90.7 Å². The number of carbonyl (C=O) groups is 2. The minimum absolute atomic E-state index is 0.301. The highest BCUT2D eigenvalue weighted by Gasteiger charge is 2.15. The van der Waals surface area contributed by atoms with Crippen LogP contribution in [-0.4, -0.2) is 51.7 Å². The van der Waals surface area contributed by atoms with Gasteiger partial charge in [0.1, 0.15) is 0 Å². The molecule has 0 unspecified atom stereocenters. The van der Waals surface area contributed by atoms with E-state index in [4.69, 9.17) is 10.2 Å². The molecule has 0 atom stereocenters. The average molecular weight is 268 g/mol. The first kappa shape index (κ1) is 17.1. The second kappa shape index (κ2) is 9.04. The van der Waals surface area contributed by atoms with E-state index in [1.807, 2.05) is 0 Å². The number of aromatic carboxylic acids is 2. The molecule has 0 aromatic carbocycles. The van der Waals surface area contributed by atoms with Gasteiger partial charge in [-0.3, -0.25) is 0 Å². The maximum absolute atomic E-state index is 10.4. The van der Waals surface area contributed by atoms with Crippen LogP contribution in [0.4, 0.5) is 0 Å². The van der Waals surface area contributed by atoms with Crippen molar-refractivity contribution in [3.63, 3.8) is 0 Å². The van der Waals surface area contributed by atoms with Crippen molar-refractivity contribution in [1.29, 1.82) is 0 Å². The fourth-order valence-electron chi connectivity index (χ4n) is 1.42. The van der Waals surface area contributed by atoms with Gasteiger partial charge in [-0.25, -0.2) is 14.6 Å². The normalized spacial score (nSPS) is 9.68. The first-order chi connectivity index (χ1) is 8.97. The molecule has 0 fully saturated rings. The number of rotatable bonds is 5. The molecule has 0 aliphatic carbocycles. The van der Waals surface area contributed by atoms with Crippen molar-refractivity contribution in [2.24, 2.45) is 0 Å². The van der Waals surface area contributed by atoms with E-state index >= 15 is 0 Å². The molecule has 1 aromatic heterocycles. The predicted molar refractivity (Wildman–Crippen MR) is 71.6 cm³/mol. The highest BCUT2D eigenvalue weighted by molar-refractivity contribution is 5.99. The third kappa shape index (κ3) is 5.96. The van der Waals surface area contributed by atoms with Crippen LogP contribution in [0.3, 0.4) is 0 Å². The van der Waals surface area contributed by atoms with Crippen molar-refractivity contribution < 1.29 is 19.8 Å². The summed E-state index contributed by atoms with van der Waals surface area (Å²) in [5.74, 6) is -2.63. The molecule has 1 heterocycles. The maximum atomic E-state index is 10.4. The van der Waals surface area contributed by atoms with Crippen molar-refractivity contribution in [1.82, 2.24) is 9.88 Å². The number of hydrogen-bond acceptors (Lipinski definition) is 4. The zero-order valence-corrected chi connectivity index (χ0v) is 11.5. The highest BCUT2D eigenvalue weighted by atomic mass is 16.4. The minimum atomic E-state index is -1.34. The number of carboxylic acids is 2. The van der Waals surface area contributed by atoms with Crippen LogP contribution in [0.5, 0.6) is 0 Å². The van der Waals surface area contributed by atoms with Crippen LogP contribution >= 0.6 is 0 Å². The molecule has 2 N–H and O–H groups in total. The number of hydrogen-bond donors (Lipinski definition) is 2. The second-order valence-electron chi connectivity index (χ2n) is 3.63. The van der Waals surface area contributed by atoms with Crippen molar-refractivity contribution in [2.45, 2.75) is 20.8 Å². The summed E-state index contributed by atoms with van der Waals surface area (Å²) in [6.07, 6.45) is 1.23. The van der Waals surface area contributed by atoms with Crippen LogP contribution < -0.4 is 0 Å². The molecule has 0 radical (unpaired) electrons. The van der Waals surface area contributed by atoms with Crippen LogP contribution in [0.2, 0.25) is 0 Å². The number of aromatic nitrogens is 1. The molecule has 0 bridgehead atoms. The van der Waals surface area contributed by atoms with E-state index in [9.17, 15) is 9.59 Å². The lowest BCUT2D eigenvalue weighted by atomic mass is 10.2. The van der Waals surface area contributed by atoms with Gasteiger partial charge in [-0.1, -0.05) is 20.8 Å². The standard InChI is InChI=1S/C7H5NO4.C6H15N/c9-6(10)4-2-1-3-8-5(4)7(11)12;1-4-7(5-2)6-3/h1-3H,(H,9,10)(H,11,12);4-6H2,1-3H3. The summed E-state index contributed by atoms with van der Waals surface area (Å²) >= 11 is 0. The van der Waals surface area contributed by atoms with Crippen LogP contribution in [0, 0.1) is 0 Å². The molecule has 106 valence electrons. The summed E-state index contributed by atoms with van der Waals surface area (Å²) in [5.41, 5.74) is -0.741. The van der Waals surface area contributed by atoms with Crippen molar-refractivity contribution in [2.75, 3.05) is 19.6 Å². The number of nitrogens with zero attached hydrogens (tertiary/aromatic N) is 2. The molecule has 6 heteroatoms. The lowest BCUT2D eigenvalue weighted by Crippen LogP contribution is -2.21. The van der Waals surface area contributed by atoms with E-state index in [0.29, 0.717) is 0 Å². The number of carboxylic acid groups (broad SMARTS) is 2. The van der Waals surface area contributed by atoms with E-state index in [0.717, 1.165) is 0 Å². The van der Waals surface area contributed by atoms with Crippen LogP contribution in [0.25, 0.3) is 0 Å². The van der Waals surface area contributed by atoms with Crippen LogP contribution in [-0.2, 0) is 0 Å². The molecule has 6 nitrogen and oxygen atoms in total. The summed E-state index contributed by atoms with van der Waals surface area (Å²) in [4.78, 5) is 26.6. The molecule has 0 spiro atoms. The van der Waals surface area contributed by atoms with E-state index in [1.54, 1.807) is 0 Å². The van der Waals surface area contributed by atoms with Crippen LogP contribution in [0.15, 0.2) is 18.3 Å². The molecule has 1 rings (SSSR count). The lowest BCUT2D eigenvalue weighted by Gasteiger charge is -2.13. The molecule has 1 aromatic rings. The third-order valence-electron chi connectivity index (χ3n) is 2.58. The van der Waals surface area contributed by atoms with E-state index < -0.39 is 17.6 Å². The molecule has 0 aliphatic heterocycles.